The zero-order valence-electron chi connectivity index (χ0n) is 12.4. The molecule has 1 aliphatic rings. The molecule has 2 nitrogen and oxygen atoms in total. The van der Waals surface area contributed by atoms with Gasteiger partial charge in [0.15, 0.2) is 0 Å². The van der Waals surface area contributed by atoms with Crippen molar-refractivity contribution >= 4 is 21.9 Å². The van der Waals surface area contributed by atoms with Crippen molar-refractivity contribution in [2.75, 3.05) is 0 Å². The monoisotopic (exact) mass is 336 g/mol. The highest BCUT2D eigenvalue weighted by molar-refractivity contribution is 9.10. The van der Waals surface area contributed by atoms with Crippen molar-refractivity contribution < 1.29 is 9.53 Å². The molecule has 0 heterocycles. The molecule has 1 aromatic rings. The Kier molecular flexibility index (Phi) is 4.38. The second-order valence-electron chi connectivity index (χ2n) is 6.30. The summed E-state index contributed by atoms with van der Waals surface area (Å²) in [7, 11) is 0. The fourth-order valence-corrected chi connectivity index (χ4v) is 2.89. The molecule has 108 valence electrons. The maximum atomic E-state index is 12.2. The molecule has 1 aromatic carbocycles. The Balaban J connectivity index is 1.93. The number of esters is 1. The van der Waals surface area contributed by atoms with E-state index in [0.717, 1.165) is 10.0 Å². The van der Waals surface area contributed by atoms with Gasteiger partial charge in [-0.05, 0) is 42.9 Å². The lowest BCUT2D eigenvalue weighted by atomic mass is 10.1. The van der Waals surface area contributed by atoms with Gasteiger partial charge in [0.25, 0.3) is 0 Å². The number of hydrogen-bond donors (Lipinski definition) is 0. The molecule has 1 aliphatic carbocycles. The van der Waals surface area contributed by atoms with Crippen LogP contribution in [0.4, 0.5) is 0 Å². The normalized spacial score (nSPS) is 23.1. The van der Waals surface area contributed by atoms with E-state index in [0.29, 0.717) is 12.5 Å². The van der Waals surface area contributed by atoms with Gasteiger partial charge in [-0.1, -0.05) is 53.6 Å². The van der Waals surface area contributed by atoms with Crippen molar-refractivity contribution in [3.63, 3.8) is 0 Å². The molecule has 0 radical (unpaired) electrons. The molecule has 20 heavy (non-hydrogen) atoms. The van der Waals surface area contributed by atoms with E-state index < -0.39 is 0 Å². The van der Waals surface area contributed by atoms with Crippen LogP contribution < -0.4 is 0 Å². The number of carbonyl (C=O) groups is 1. The van der Waals surface area contributed by atoms with Gasteiger partial charge in [-0.25, -0.2) is 0 Å². The second kappa shape index (κ2) is 5.72. The first-order valence-electron chi connectivity index (χ1n) is 6.88. The average Bonchev–Trinajstić information content (AvgIpc) is 2.89. The number of halogens is 1. The Morgan fingerprint density at radius 1 is 1.30 bits per heavy atom. The third kappa shape index (κ3) is 3.32. The molecule has 0 amide bonds. The Morgan fingerprint density at radius 3 is 2.45 bits per heavy atom. The van der Waals surface area contributed by atoms with Gasteiger partial charge in [0.1, 0.15) is 6.61 Å². The van der Waals surface area contributed by atoms with E-state index in [4.69, 9.17) is 4.74 Å². The van der Waals surface area contributed by atoms with Crippen LogP contribution in [-0.2, 0) is 16.1 Å². The summed E-state index contributed by atoms with van der Waals surface area (Å²) in [6.45, 7) is 8.74. The van der Waals surface area contributed by atoms with E-state index in [9.17, 15) is 4.79 Å². The fraction of sp³-hybridized carbons (Fsp3) is 0.471. The third-order valence-corrected chi connectivity index (χ3v) is 4.50. The summed E-state index contributed by atoms with van der Waals surface area (Å²) in [5.74, 6) is 0.221. The summed E-state index contributed by atoms with van der Waals surface area (Å²) < 4.78 is 6.48. The van der Waals surface area contributed by atoms with Gasteiger partial charge in [0, 0.05) is 4.47 Å². The maximum absolute atomic E-state index is 12.2. The minimum atomic E-state index is -0.0829. The minimum Gasteiger partial charge on any atom is -0.461 e. The van der Waals surface area contributed by atoms with Crippen LogP contribution in [-0.4, -0.2) is 5.97 Å². The minimum absolute atomic E-state index is 0.00662. The molecule has 0 spiro atoms. The highest BCUT2D eigenvalue weighted by atomic mass is 79.9. The SMILES string of the molecule is CC(C)=CC1[C@@H](C(=O)OCc2ccc(Br)cc2)C1(C)C. The molecule has 0 N–H and O–H groups in total. The van der Waals surface area contributed by atoms with Crippen molar-refractivity contribution in [1.82, 2.24) is 0 Å². The van der Waals surface area contributed by atoms with Crippen LogP contribution in [0, 0.1) is 17.3 Å². The molecule has 1 fully saturated rings. The molecule has 1 saturated carbocycles. The van der Waals surface area contributed by atoms with Gasteiger partial charge >= 0.3 is 5.97 Å². The van der Waals surface area contributed by atoms with Crippen molar-refractivity contribution in [2.24, 2.45) is 17.3 Å². The first-order valence-corrected chi connectivity index (χ1v) is 7.68. The van der Waals surface area contributed by atoms with Crippen molar-refractivity contribution in [2.45, 2.75) is 34.3 Å². The van der Waals surface area contributed by atoms with Crippen LogP contribution in [0.2, 0.25) is 0 Å². The summed E-state index contributed by atoms with van der Waals surface area (Å²) in [5, 5.41) is 0. The molecule has 2 rings (SSSR count). The smallest absolute Gasteiger partial charge is 0.310 e. The summed E-state index contributed by atoms with van der Waals surface area (Å²) in [5.41, 5.74) is 2.29. The summed E-state index contributed by atoms with van der Waals surface area (Å²) >= 11 is 3.39. The van der Waals surface area contributed by atoms with Gasteiger partial charge in [-0.15, -0.1) is 0 Å². The number of carbonyl (C=O) groups excluding carboxylic acids is 1. The molecular formula is C17H21BrO2. The Hall–Kier alpha value is -1.09. The predicted octanol–water partition coefficient (Wildman–Crippen LogP) is 4.73. The topological polar surface area (TPSA) is 26.3 Å². The maximum Gasteiger partial charge on any atom is 0.310 e. The Morgan fingerprint density at radius 2 is 1.90 bits per heavy atom. The van der Waals surface area contributed by atoms with Crippen molar-refractivity contribution in [3.8, 4) is 0 Å². The average molecular weight is 337 g/mol. The Labute approximate surface area is 129 Å². The largest absolute Gasteiger partial charge is 0.461 e. The zero-order chi connectivity index (χ0) is 14.9. The molecule has 0 aromatic heterocycles. The van der Waals surface area contributed by atoms with Crippen LogP contribution in [0.1, 0.15) is 33.3 Å². The first-order chi connectivity index (χ1) is 9.32. The lowest BCUT2D eigenvalue weighted by molar-refractivity contribution is -0.147. The lowest BCUT2D eigenvalue weighted by Crippen LogP contribution is -2.10. The van der Waals surface area contributed by atoms with E-state index in [1.807, 2.05) is 24.3 Å². The predicted molar refractivity (Wildman–Crippen MR) is 84.1 cm³/mol. The number of allylic oxidation sites excluding steroid dienone is 2. The van der Waals surface area contributed by atoms with Gasteiger partial charge < -0.3 is 4.74 Å². The van der Waals surface area contributed by atoms with Gasteiger partial charge in [0.2, 0.25) is 0 Å². The van der Waals surface area contributed by atoms with Crippen LogP contribution in [0.25, 0.3) is 0 Å². The molecule has 2 atom stereocenters. The van der Waals surface area contributed by atoms with E-state index >= 15 is 0 Å². The van der Waals surface area contributed by atoms with E-state index in [-0.39, 0.29) is 17.3 Å². The molecule has 1 unspecified atom stereocenters. The molecule has 0 saturated heterocycles. The summed E-state index contributed by atoms with van der Waals surface area (Å²) in [6, 6.07) is 7.83. The summed E-state index contributed by atoms with van der Waals surface area (Å²) in [6.07, 6.45) is 2.19. The van der Waals surface area contributed by atoms with Crippen molar-refractivity contribution in [1.29, 1.82) is 0 Å². The van der Waals surface area contributed by atoms with Crippen LogP contribution in [0.5, 0.6) is 0 Å². The first kappa shape index (κ1) is 15.3. The van der Waals surface area contributed by atoms with Crippen LogP contribution in [0.15, 0.2) is 40.4 Å². The third-order valence-electron chi connectivity index (χ3n) is 3.97. The molecular weight excluding hydrogens is 316 g/mol. The number of benzene rings is 1. The molecule has 0 bridgehead atoms. The number of ether oxygens (including phenoxy) is 1. The fourth-order valence-electron chi connectivity index (χ4n) is 2.62. The van der Waals surface area contributed by atoms with Gasteiger partial charge in [-0.3, -0.25) is 4.79 Å². The second-order valence-corrected chi connectivity index (χ2v) is 7.22. The van der Waals surface area contributed by atoms with E-state index in [1.165, 1.54) is 5.57 Å². The Bertz CT molecular complexity index is 524. The number of hydrogen-bond acceptors (Lipinski definition) is 2. The number of rotatable bonds is 4. The van der Waals surface area contributed by atoms with Gasteiger partial charge in [0.05, 0.1) is 5.92 Å². The highest BCUT2D eigenvalue weighted by Gasteiger charge is 2.61. The standard InChI is InChI=1S/C17H21BrO2/c1-11(2)9-14-15(17(14,3)4)16(19)20-10-12-5-7-13(18)8-6-12/h5-9,14-15H,10H2,1-4H3/t14?,15-/m0/s1. The van der Waals surface area contributed by atoms with Crippen LogP contribution in [0.3, 0.4) is 0 Å². The van der Waals surface area contributed by atoms with E-state index in [2.05, 4.69) is 49.7 Å². The highest BCUT2D eigenvalue weighted by Crippen LogP contribution is 2.59. The quantitative estimate of drug-likeness (QED) is 0.586. The molecule has 3 heteroatoms. The van der Waals surface area contributed by atoms with Crippen molar-refractivity contribution in [3.05, 3.63) is 46.0 Å². The lowest BCUT2D eigenvalue weighted by Gasteiger charge is -2.06. The van der Waals surface area contributed by atoms with E-state index in [1.54, 1.807) is 0 Å². The molecule has 0 aliphatic heterocycles. The van der Waals surface area contributed by atoms with Crippen LogP contribution >= 0.6 is 15.9 Å². The zero-order valence-corrected chi connectivity index (χ0v) is 14.0. The summed E-state index contributed by atoms with van der Waals surface area (Å²) in [4.78, 5) is 12.2. The van der Waals surface area contributed by atoms with Gasteiger partial charge in [-0.2, -0.15) is 0 Å².